The number of methoxy groups -OCH3 is 2. The van der Waals surface area contributed by atoms with Gasteiger partial charge < -0.3 is 9.47 Å². The van der Waals surface area contributed by atoms with Crippen molar-refractivity contribution in [3.05, 3.63) is 36.5 Å². The van der Waals surface area contributed by atoms with Crippen molar-refractivity contribution in [2.24, 2.45) is 7.05 Å². The number of nitrogens with zero attached hydrogens (tertiary/aromatic N) is 2. The van der Waals surface area contributed by atoms with Crippen molar-refractivity contribution >= 4 is 28.5 Å². The van der Waals surface area contributed by atoms with Crippen molar-refractivity contribution in [2.45, 2.75) is 0 Å². The molecule has 0 radical (unpaired) electrons. The summed E-state index contributed by atoms with van der Waals surface area (Å²) in [6.45, 7) is 0. The number of carbonyl (C=O) groups is 2. The number of rotatable bonds is 3. The average molecular weight is 275 g/mol. The Hall–Kier alpha value is -2.63. The molecule has 104 valence electrons. The first-order valence-corrected chi connectivity index (χ1v) is 5.93. The molecule has 6 heteroatoms. The number of esters is 2. The van der Waals surface area contributed by atoms with Gasteiger partial charge in [0, 0.05) is 0 Å². The maximum atomic E-state index is 11.9. The van der Waals surface area contributed by atoms with Crippen LogP contribution in [0.5, 0.6) is 0 Å². The molecule has 0 N–H and O–H groups in total. The lowest BCUT2D eigenvalue weighted by atomic mass is 10.2. The van der Waals surface area contributed by atoms with Gasteiger partial charge in [0.15, 0.2) is 12.7 Å². The first-order chi connectivity index (χ1) is 9.58. The van der Waals surface area contributed by atoms with Gasteiger partial charge in [0.25, 0.3) is 0 Å². The van der Waals surface area contributed by atoms with E-state index in [1.807, 2.05) is 30.5 Å². The molecule has 0 spiro atoms. The monoisotopic (exact) mass is 275 g/mol. The zero-order valence-corrected chi connectivity index (χ0v) is 11.5. The lowest BCUT2D eigenvalue weighted by Gasteiger charge is -2.05. The van der Waals surface area contributed by atoms with Crippen LogP contribution in [0.1, 0.15) is 0 Å². The van der Waals surface area contributed by atoms with Gasteiger partial charge in [0.2, 0.25) is 6.20 Å². The Morgan fingerprint density at radius 2 is 1.90 bits per heavy atom. The molecule has 1 aromatic heterocycles. The van der Waals surface area contributed by atoms with E-state index in [1.54, 1.807) is 16.4 Å². The summed E-state index contributed by atoms with van der Waals surface area (Å²) < 4.78 is 12.6. The number of hydrogen-bond donors (Lipinski definition) is 0. The molecular weight excluding hydrogens is 260 g/mol. The fourth-order valence-corrected chi connectivity index (χ4v) is 2.00. The fraction of sp³-hybridized carbons (Fsp3) is 0.214. The van der Waals surface area contributed by atoms with Crippen molar-refractivity contribution in [2.75, 3.05) is 14.2 Å². The minimum atomic E-state index is -0.622. The Bertz CT molecular complexity index is 700. The predicted octanol–water partition coefficient (Wildman–Crippen LogP) is 0.653. The molecule has 0 bridgehead atoms. The molecule has 0 saturated heterocycles. The van der Waals surface area contributed by atoms with E-state index in [0.717, 1.165) is 17.0 Å². The summed E-state index contributed by atoms with van der Waals surface area (Å²) in [5.74, 6) is -1.24. The highest BCUT2D eigenvalue weighted by atomic mass is 16.5. The van der Waals surface area contributed by atoms with E-state index in [1.165, 1.54) is 14.2 Å². The number of aryl methyl sites for hydroxylation is 1. The van der Waals surface area contributed by atoms with Crippen molar-refractivity contribution in [1.29, 1.82) is 0 Å². The van der Waals surface area contributed by atoms with E-state index in [-0.39, 0.29) is 5.70 Å². The molecule has 0 amide bonds. The standard InChI is InChI=1S/C14H15N2O4/c1-15-9-10-6-4-5-7-11(10)16(15)12(14(18)20-3)8-13(17)19-2/h4-9H,1-3H3/q+1/b12-8-. The molecule has 0 atom stereocenters. The van der Waals surface area contributed by atoms with Crippen LogP contribution < -0.4 is 4.68 Å². The van der Waals surface area contributed by atoms with E-state index in [2.05, 4.69) is 4.74 Å². The van der Waals surface area contributed by atoms with Gasteiger partial charge >= 0.3 is 11.9 Å². The average Bonchev–Trinajstić information content (AvgIpc) is 2.79. The SMILES string of the molecule is COC(=O)/C=C(/C(=O)OC)n1c2ccccc2c[n+]1C. The predicted molar refractivity (Wildman–Crippen MR) is 71.4 cm³/mol. The summed E-state index contributed by atoms with van der Waals surface area (Å²) in [7, 11) is 4.29. The van der Waals surface area contributed by atoms with Crippen LogP contribution >= 0.6 is 0 Å². The third-order valence-electron chi connectivity index (χ3n) is 2.88. The molecule has 0 aliphatic carbocycles. The van der Waals surface area contributed by atoms with Crippen LogP contribution in [0.15, 0.2) is 36.5 Å². The van der Waals surface area contributed by atoms with Gasteiger partial charge in [-0.3, -0.25) is 0 Å². The van der Waals surface area contributed by atoms with Crippen molar-refractivity contribution in [3.8, 4) is 0 Å². The summed E-state index contributed by atoms with van der Waals surface area (Å²) in [5.41, 5.74) is 0.874. The smallest absolute Gasteiger partial charge is 0.361 e. The van der Waals surface area contributed by atoms with E-state index in [0.29, 0.717) is 0 Å². The normalized spacial score (nSPS) is 11.4. The van der Waals surface area contributed by atoms with Crippen LogP contribution in [0.3, 0.4) is 0 Å². The quantitative estimate of drug-likeness (QED) is 0.469. The zero-order valence-electron chi connectivity index (χ0n) is 11.5. The van der Waals surface area contributed by atoms with Gasteiger partial charge in [0.05, 0.1) is 25.7 Å². The van der Waals surface area contributed by atoms with Gasteiger partial charge in [-0.1, -0.05) is 12.1 Å². The minimum Gasteiger partial charge on any atom is -0.466 e. The first-order valence-electron chi connectivity index (χ1n) is 5.93. The van der Waals surface area contributed by atoms with Crippen LogP contribution in [0.4, 0.5) is 0 Å². The molecule has 0 aliphatic heterocycles. The van der Waals surface area contributed by atoms with Crippen molar-refractivity contribution in [1.82, 2.24) is 4.68 Å². The third-order valence-corrected chi connectivity index (χ3v) is 2.88. The Kier molecular flexibility index (Phi) is 3.84. The Balaban J connectivity index is 2.68. The maximum absolute atomic E-state index is 11.9. The molecule has 0 fully saturated rings. The summed E-state index contributed by atoms with van der Waals surface area (Å²) in [6, 6.07) is 7.52. The highest BCUT2D eigenvalue weighted by molar-refractivity contribution is 6.15. The molecule has 6 nitrogen and oxygen atoms in total. The maximum Gasteiger partial charge on any atom is 0.361 e. The Morgan fingerprint density at radius 1 is 1.20 bits per heavy atom. The minimum absolute atomic E-state index is 0.0862. The number of aromatic nitrogens is 2. The second-order valence-electron chi connectivity index (χ2n) is 4.12. The fourth-order valence-electron chi connectivity index (χ4n) is 2.00. The topological polar surface area (TPSA) is 61.4 Å². The molecule has 2 aromatic rings. The van der Waals surface area contributed by atoms with Gasteiger partial charge in [-0.15, -0.1) is 9.36 Å². The van der Waals surface area contributed by atoms with Gasteiger partial charge in [0.1, 0.15) is 5.52 Å². The Morgan fingerprint density at radius 3 is 2.55 bits per heavy atom. The molecular formula is C14H15N2O4+. The summed E-state index contributed by atoms with van der Waals surface area (Å²) in [6.07, 6.45) is 2.96. The number of para-hydroxylation sites is 1. The van der Waals surface area contributed by atoms with E-state index in [4.69, 9.17) is 4.74 Å². The molecule has 20 heavy (non-hydrogen) atoms. The van der Waals surface area contributed by atoms with Gasteiger partial charge in [-0.25, -0.2) is 9.59 Å². The number of benzene rings is 1. The first kappa shape index (κ1) is 13.8. The molecule has 0 aliphatic rings. The van der Waals surface area contributed by atoms with Crippen molar-refractivity contribution in [3.63, 3.8) is 0 Å². The second-order valence-corrected chi connectivity index (χ2v) is 4.12. The Labute approximate surface area is 115 Å². The van der Waals surface area contributed by atoms with Gasteiger partial charge in [-0.2, -0.15) is 0 Å². The molecule has 2 rings (SSSR count). The lowest BCUT2D eigenvalue weighted by molar-refractivity contribution is -0.740. The summed E-state index contributed by atoms with van der Waals surface area (Å²) >= 11 is 0. The van der Waals surface area contributed by atoms with Crippen LogP contribution in [0, 0.1) is 0 Å². The van der Waals surface area contributed by atoms with Crippen molar-refractivity contribution < 1.29 is 23.7 Å². The van der Waals surface area contributed by atoms with E-state index >= 15 is 0 Å². The van der Waals surface area contributed by atoms with E-state index in [9.17, 15) is 9.59 Å². The number of hydrogen-bond acceptors (Lipinski definition) is 4. The van der Waals surface area contributed by atoms with Crippen LogP contribution in [-0.4, -0.2) is 30.8 Å². The second kappa shape index (κ2) is 5.56. The lowest BCUT2D eigenvalue weighted by Crippen LogP contribution is -2.39. The summed E-state index contributed by atoms with van der Waals surface area (Å²) in [4.78, 5) is 23.4. The van der Waals surface area contributed by atoms with Crippen LogP contribution in [0.2, 0.25) is 0 Å². The van der Waals surface area contributed by atoms with Crippen LogP contribution in [0.25, 0.3) is 16.6 Å². The molecule has 0 saturated carbocycles. The summed E-state index contributed by atoms with van der Waals surface area (Å²) in [5, 5.41) is 0.940. The largest absolute Gasteiger partial charge is 0.466 e. The number of carbonyl (C=O) groups excluding carboxylic acids is 2. The number of ether oxygens (including phenoxy) is 2. The van der Waals surface area contributed by atoms with Crippen LogP contribution in [-0.2, 0) is 26.1 Å². The van der Waals surface area contributed by atoms with Gasteiger partial charge in [-0.05, 0) is 12.1 Å². The molecule has 1 aromatic carbocycles. The number of fused-ring (bicyclic) bond motifs is 1. The third kappa shape index (κ3) is 2.40. The highest BCUT2D eigenvalue weighted by Crippen LogP contribution is 2.16. The highest BCUT2D eigenvalue weighted by Gasteiger charge is 2.23. The van der Waals surface area contributed by atoms with E-state index < -0.39 is 11.9 Å². The molecule has 0 unspecified atom stereocenters. The molecule has 1 heterocycles. The zero-order chi connectivity index (χ0) is 14.7.